The van der Waals surface area contributed by atoms with Crippen LogP contribution in [-0.2, 0) is 4.79 Å². The summed E-state index contributed by atoms with van der Waals surface area (Å²) in [5.41, 5.74) is 1.39. The molecule has 0 saturated carbocycles. The molecule has 2 rings (SSSR count). The molecule has 1 N–H and O–H groups in total. The van der Waals surface area contributed by atoms with Crippen LogP contribution >= 0.6 is 0 Å². The number of carboxylic acids is 1. The van der Waals surface area contributed by atoms with Crippen molar-refractivity contribution >= 4 is 17.8 Å². The van der Waals surface area contributed by atoms with Gasteiger partial charge in [-0.2, -0.15) is 0 Å². The third-order valence-electron chi connectivity index (χ3n) is 3.04. The average molecular weight is 336 g/mol. The van der Waals surface area contributed by atoms with Gasteiger partial charge in [0.05, 0.1) is 7.11 Å². The van der Waals surface area contributed by atoms with E-state index in [1.54, 1.807) is 37.5 Å². The number of methoxy groups -OCH3 is 1. The molecule has 0 unspecified atom stereocenters. The molecule has 0 saturated heterocycles. The van der Waals surface area contributed by atoms with Crippen LogP contribution in [0.15, 0.2) is 54.6 Å². The second-order valence-electron chi connectivity index (χ2n) is 4.68. The van der Waals surface area contributed by atoms with E-state index in [2.05, 4.69) is 0 Å². The second-order valence-corrected chi connectivity index (χ2v) is 4.68. The summed E-state index contributed by atoms with van der Waals surface area (Å²) < 4.78 is 10.1. The molecule has 0 aliphatic carbocycles. The zero-order valence-electron chi connectivity index (χ0n) is 14.6. The minimum absolute atomic E-state index is 0. The fraction of sp³-hybridized carbons (Fsp3) is 0.111. The number of benzene rings is 2. The van der Waals surface area contributed by atoms with Crippen LogP contribution in [0.1, 0.15) is 17.3 Å². The maximum Gasteiger partial charge on any atom is 1.00 e. The number of rotatable bonds is 7. The van der Waals surface area contributed by atoms with E-state index < -0.39 is 12.6 Å². The van der Waals surface area contributed by atoms with E-state index in [9.17, 15) is 9.59 Å². The van der Waals surface area contributed by atoms with Gasteiger partial charge in [-0.15, -0.1) is 0 Å². The molecule has 0 aliphatic heterocycles. The number of hydrogen-bond donors (Lipinski definition) is 1. The summed E-state index contributed by atoms with van der Waals surface area (Å²) in [4.78, 5) is 22.5. The van der Waals surface area contributed by atoms with E-state index in [0.717, 1.165) is 11.3 Å². The number of ether oxygens (including phenoxy) is 2. The fourth-order valence-electron chi connectivity index (χ4n) is 1.84. The van der Waals surface area contributed by atoms with Crippen molar-refractivity contribution in [2.24, 2.45) is 0 Å². The van der Waals surface area contributed by atoms with E-state index in [-0.39, 0.29) is 36.8 Å². The van der Waals surface area contributed by atoms with Gasteiger partial charge in [0, 0.05) is 5.56 Å². The molecule has 24 heavy (non-hydrogen) atoms. The molecule has 0 fully saturated rings. The van der Waals surface area contributed by atoms with Crippen molar-refractivity contribution in [2.45, 2.75) is 0 Å². The number of carboxylic acid groups (broad SMARTS) is 1. The molecule has 0 spiro atoms. The summed E-state index contributed by atoms with van der Waals surface area (Å²) in [7, 11) is 1.60. The zero-order valence-corrected chi connectivity index (χ0v) is 15.6. The normalized spacial score (nSPS) is 10.0. The van der Waals surface area contributed by atoms with Gasteiger partial charge >= 0.3 is 35.5 Å². The van der Waals surface area contributed by atoms with Crippen LogP contribution in [0.4, 0.5) is 0 Å². The molecule has 120 valence electrons. The van der Waals surface area contributed by atoms with Gasteiger partial charge in [0.25, 0.3) is 0 Å². The Morgan fingerprint density at radius 1 is 1.04 bits per heavy atom. The summed E-state index contributed by atoms with van der Waals surface area (Å²) in [5, 5.41) is 8.53. The Hall–Kier alpha value is -2.08. The van der Waals surface area contributed by atoms with Crippen LogP contribution in [0.25, 0.3) is 6.08 Å². The van der Waals surface area contributed by atoms with Crippen molar-refractivity contribution in [3.63, 3.8) is 0 Å². The summed E-state index contributed by atoms with van der Waals surface area (Å²) in [6.07, 6.45) is 3.20. The van der Waals surface area contributed by atoms with Gasteiger partial charge in [0.2, 0.25) is 0 Å². The monoisotopic (exact) mass is 336 g/mol. The Bertz CT molecular complexity index is 711. The van der Waals surface area contributed by atoms with E-state index in [0.29, 0.717) is 11.3 Å². The third kappa shape index (κ3) is 6.20. The van der Waals surface area contributed by atoms with E-state index in [4.69, 9.17) is 14.6 Å². The summed E-state index contributed by atoms with van der Waals surface area (Å²) in [5.74, 6) is -0.0355. The molecule has 0 radical (unpaired) electrons. The molecular formula is C18H17NaO5. The number of hydrogen-bond acceptors (Lipinski definition) is 4. The Labute approximate surface area is 163 Å². The van der Waals surface area contributed by atoms with E-state index in [1.165, 1.54) is 6.08 Å². The maximum absolute atomic E-state index is 12.1. The first kappa shape index (κ1) is 20.0. The number of aliphatic carboxylic acids is 1. The van der Waals surface area contributed by atoms with Gasteiger partial charge in [-0.25, -0.2) is 4.79 Å². The van der Waals surface area contributed by atoms with E-state index >= 15 is 0 Å². The van der Waals surface area contributed by atoms with Gasteiger partial charge in [0.1, 0.15) is 11.5 Å². The van der Waals surface area contributed by atoms with Crippen molar-refractivity contribution in [3.05, 3.63) is 65.7 Å². The number of carbonyl (C=O) groups is 2. The molecule has 2 aromatic rings. The van der Waals surface area contributed by atoms with Crippen molar-refractivity contribution in [2.75, 3.05) is 13.7 Å². The van der Waals surface area contributed by atoms with Gasteiger partial charge in [-0.3, -0.25) is 4.79 Å². The van der Waals surface area contributed by atoms with Crippen LogP contribution in [0, 0.1) is 0 Å². The third-order valence-corrected chi connectivity index (χ3v) is 3.04. The molecule has 0 amide bonds. The predicted octanol–water partition coefficient (Wildman–Crippen LogP) is 0.171. The van der Waals surface area contributed by atoms with Crippen LogP contribution in [0.2, 0.25) is 0 Å². The summed E-state index contributed by atoms with van der Waals surface area (Å²) >= 11 is 0. The molecule has 0 aromatic heterocycles. The molecular weight excluding hydrogens is 319 g/mol. The Kier molecular flexibility index (Phi) is 8.26. The fourth-order valence-corrected chi connectivity index (χ4v) is 1.84. The van der Waals surface area contributed by atoms with Crippen molar-refractivity contribution in [3.8, 4) is 11.5 Å². The zero-order chi connectivity index (χ0) is 16.7. The first-order valence-electron chi connectivity index (χ1n) is 6.89. The molecule has 0 heterocycles. The smallest absolute Gasteiger partial charge is 1.00 e. The minimum atomic E-state index is -1.05. The van der Waals surface area contributed by atoms with Gasteiger partial charge in [-0.05, 0) is 48.0 Å². The van der Waals surface area contributed by atoms with Crippen molar-refractivity contribution in [1.82, 2.24) is 0 Å². The molecule has 0 atom stereocenters. The van der Waals surface area contributed by atoms with Crippen LogP contribution in [0.5, 0.6) is 11.5 Å². The molecule has 6 heteroatoms. The standard InChI is InChI=1S/C18H16O5.Na.H/c1-22-15-7-2-13(3-8-15)4-11-17(19)14-5-9-16(10-6-14)23-12-18(20)21;;/h2-11H,12H2,1H3,(H,20,21);;/q;+1;-1/b11-4+;;. The second kappa shape index (κ2) is 9.93. The number of allylic oxidation sites excluding steroid dienone is 1. The SMILES string of the molecule is COc1ccc(/C=C/C(=O)c2ccc(OCC(=O)O)cc2)cc1.[H-].[Na+]. The van der Waals surface area contributed by atoms with Crippen LogP contribution in [-0.4, -0.2) is 30.6 Å². The number of carbonyl (C=O) groups excluding carboxylic acids is 1. The Balaban J connectivity index is 0.00000288. The summed E-state index contributed by atoms with van der Waals surface area (Å²) in [6.45, 7) is -0.412. The first-order chi connectivity index (χ1) is 11.1. The van der Waals surface area contributed by atoms with E-state index in [1.807, 2.05) is 24.3 Å². The predicted molar refractivity (Wildman–Crippen MR) is 87.0 cm³/mol. The molecule has 0 aliphatic rings. The Morgan fingerprint density at radius 3 is 2.17 bits per heavy atom. The van der Waals surface area contributed by atoms with Crippen LogP contribution in [0.3, 0.4) is 0 Å². The van der Waals surface area contributed by atoms with Crippen molar-refractivity contribution < 1.29 is 55.2 Å². The minimum Gasteiger partial charge on any atom is -1.00 e. The molecule has 2 aromatic carbocycles. The number of ketones is 1. The van der Waals surface area contributed by atoms with Gasteiger partial charge in [0.15, 0.2) is 12.4 Å². The largest absolute Gasteiger partial charge is 1.00 e. The Morgan fingerprint density at radius 2 is 1.62 bits per heavy atom. The average Bonchev–Trinajstić information content (AvgIpc) is 2.58. The summed E-state index contributed by atoms with van der Waals surface area (Å²) in [6, 6.07) is 13.7. The maximum atomic E-state index is 12.1. The first-order valence-corrected chi connectivity index (χ1v) is 6.89. The van der Waals surface area contributed by atoms with Gasteiger partial charge < -0.3 is 16.0 Å². The van der Waals surface area contributed by atoms with Gasteiger partial charge in [-0.1, -0.05) is 18.2 Å². The molecule has 0 bridgehead atoms. The van der Waals surface area contributed by atoms with Crippen molar-refractivity contribution in [1.29, 1.82) is 0 Å². The topological polar surface area (TPSA) is 72.8 Å². The van der Waals surface area contributed by atoms with Crippen LogP contribution < -0.4 is 39.0 Å². The molecule has 5 nitrogen and oxygen atoms in total. The quantitative estimate of drug-likeness (QED) is 0.443.